The van der Waals surface area contributed by atoms with E-state index in [1.165, 1.54) is 44.3 Å². The van der Waals surface area contributed by atoms with Crippen molar-refractivity contribution in [2.45, 2.75) is 6.42 Å². The quantitative estimate of drug-likeness (QED) is 0.443. The summed E-state index contributed by atoms with van der Waals surface area (Å²) in [7, 11) is 4.34. The maximum atomic E-state index is 2.37. The Morgan fingerprint density at radius 1 is 0.696 bits per heavy atom. The number of anilines is 2. The van der Waals surface area contributed by atoms with Crippen molar-refractivity contribution >= 4 is 33.2 Å². The van der Waals surface area contributed by atoms with Crippen LogP contribution in [0.3, 0.4) is 0 Å². The SMILES string of the molecule is CN1c2ccccc2Cc2cc3c(cc21)c1ccccc1n3C. The zero-order valence-electron chi connectivity index (χ0n) is 13.4. The summed E-state index contributed by atoms with van der Waals surface area (Å²) in [4.78, 5) is 2.33. The average Bonchev–Trinajstić information content (AvgIpc) is 2.87. The normalized spacial score (nSPS) is 13.4. The Labute approximate surface area is 135 Å². The van der Waals surface area contributed by atoms with Crippen molar-refractivity contribution in [3.05, 3.63) is 71.8 Å². The van der Waals surface area contributed by atoms with Crippen molar-refractivity contribution in [2.24, 2.45) is 7.05 Å². The highest BCUT2D eigenvalue weighted by Crippen LogP contribution is 2.41. The molecule has 0 aliphatic carbocycles. The topological polar surface area (TPSA) is 8.17 Å². The lowest BCUT2D eigenvalue weighted by Gasteiger charge is -2.30. The molecule has 0 bridgehead atoms. The maximum absolute atomic E-state index is 2.37. The molecule has 2 heteroatoms. The lowest BCUT2D eigenvalue weighted by atomic mass is 9.94. The van der Waals surface area contributed by atoms with E-state index in [9.17, 15) is 0 Å². The van der Waals surface area contributed by atoms with E-state index in [-0.39, 0.29) is 0 Å². The Balaban J connectivity index is 1.85. The molecule has 23 heavy (non-hydrogen) atoms. The zero-order valence-corrected chi connectivity index (χ0v) is 13.4. The maximum Gasteiger partial charge on any atom is 0.0493 e. The number of rotatable bonds is 0. The lowest BCUT2D eigenvalue weighted by molar-refractivity contribution is 1.01. The average molecular weight is 298 g/mol. The fourth-order valence-corrected chi connectivity index (χ4v) is 4.01. The van der Waals surface area contributed by atoms with Gasteiger partial charge >= 0.3 is 0 Å². The molecule has 0 radical (unpaired) electrons. The fourth-order valence-electron chi connectivity index (χ4n) is 4.01. The molecule has 1 aliphatic rings. The van der Waals surface area contributed by atoms with Gasteiger partial charge in [-0.05, 0) is 35.4 Å². The van der Waals surface area contributed by atoms with Crippen LogP contribution in [-0.4, -0.2) is 11.6 Å². The minimum Gasteiger partial charge on any atom is -0.344 e. The molecule has 2 heterocycles. The van der Waals surface area contributed by atoms with E-state index in [0.717, 1.165) is 6.42 Å². The molecular formula is C21H18N2. The second-order valence-electron chi connectivity index (χ2n) is 6.44. The number of aryl methyl sites for hydroxylation is 1. The van der Waals surface area contributed by atoms with Crippen molar-refractivity contribution in [2.75, 3.05) is 11.9 Å². The van der Waals surface area contributed by atoms with Gasteiger partial charge in [-0.15, -0.1) is 0 Å². The number of hydrogen-bond donors (Lipinski definition) is 0. The minimum atomic E-state index is 1.01. The van der Waals surface area contributed by atoms with Crippen LogP contribution in [0.25, 0.3) is 21.8 Å². The minimum absolute atomic E-state index is 1.01. The summed E-state index contributed by atoms with van der Waals surface area (Å²) in [6.07, 6.45) is 1.01. The molecule has 0 N–H and O–H groups in total. The highest BCUT2D eigenvalue weighted by atomic mass is 15.1. The molecule has 4 aromatic rings. The van der Waals surface area contributed by atoms with E-state index in [1.54, 1.807) is 0 Å². The molecule has 0 spiro atoms. The second kappa shape index (κ2) is 4.39. The van der Waals surface area contributed by atoms with Gasteiger partial charge in [0, 0.05) is 53.7 Å². The third kappa shape index (κ3) is 1.63. The van der Waals surface area contributed by atoms with Gasteiger partial charge in [0.15, 0.2) is 0 Å². The van der Waals surface area contributed by atoms with Gasteiger partial charge in [-0.1, -0.05) is 36.4 Å². The molecule has 112 valence electrons. The van der Waals surface area contributed by atoms with Gasteiger partial charge < -0.3 is 9.47 Å². The van der Waals surface area contributed by atoms with Crippen LogP contribution in [0.4, 0.5) is 11.4 Å². The van der Waals surface area contributed by atoms with Gasteiger partial charge in [0.2, 0.25) is 0 Å². The third-order valence-electron chi connectivity index (χ3n) is 5.21. The van der Waals surface area contributed by atoms with Gasteiger partial charge in [0.1, 0.15) is 0 Å². The molecule has 0 saturated heterocycles. The predicted molar refractivity (Wildman–Crippen MR) is 97.7 cm³/mol. The Bertz CT molecular complexity index is 1070. The second-order valence-corrected chi connectivity index (χ2v) is 6.44. The molecule has 3 aromatic carbocycles. The van der Waals surface area contributed by atoms with Crippen LogP contribution in [0.2, 0.25) is 0 Å². The first-order valence-corrected chi connectivity index (χ1v) is 8.06. The van der Waals surface area contributed by atoms with Crippen LogP contribution in [0, 0.1) is 0 Å². The zero-order chi connectivity index (χ0) is 15.6. The van der Waals surface area contributed by atoms with E-state index in [2.05, 4.69) is 84.2 Å². The summed E-state index contributed by atoms with van der Waals surface area (Å²) in [5.41, 5.74) is 8.07. The lowest BCUT2D eigenvalue weighted by Crippen LogP contribution is -2.18. The van der Waals surface area contributed by atoms with Gasteiger partial charge in [0.25, 0.3) is 0 Å². The third-order valence-corrected chi connectivity index (χ3v) is 5.21. The van der Waals surface area contributed by atoms with Crippen LogP contribution >= 0.6 is 0 Å². The van der Waals surface area contributed by atoms with E-state index in [4.69, 9.17) is 0 Å². The number of benzene rings is 3. The Hall–Kier alpha value is -2.74. The Morgan fingerprint density at radius 2 is 1.48 bits per heavy atom. The largest absolute Gasteiger partial charge is 0.344 e. The number of nitrogens with zero attached hydrogens (tertiary/aromatic N) is 2. The van der Waals surface area contributed by atoms with Crippen LogP contribution in [-0.2, 0) is 13.5 Å². The van der Waals surface area contributed by atoms with Crippen molar-refractivity contribution in [3.63, 3.8) is 0 Å². The van der Waals surface area contributed by atoms with E-state index in [1.807, 2.05) is 0 Å². The summed E-state index contributed by atoms with van der Waals surface area (Å²) in [5, 5.41) is 2.67. The first kappa shape index (κ1) is 12.8. The summed E-state index contributed by atoms with van der Waals surface area (Å²) >= 11 is 0. The molecule has 0 saturated carbocycles. The standard InChI is InChI=1S/C21H18N2/c1-22-18-9-5-3-7-14(18)11-15-12-21-17(13-20(15)22)16-8-4-6-10-19(16)23(21)2/h3-10,12-13H,11H2,1-2H3. The van der Waals surface area contributed by atoms with E-state index in [0.29, 0.717) is 0 Å². The Kier molecular flexibility index (Phi) is 2.44. The molecular weight excluding hydrogens is 280 g/mol. The summed E-state index contributed by atoms with van der Waals surface area (Å²) in [5.74, 6) is 0. The van der Waals surface area contributed by atoms with Crippen LogP contribution in [0.5, 0.6) is 0 Å². The summed E-state index contributed by atoms with van der Waals surface area (Å²) in [6, 6.07) is 22.1. The first-order chi connectivity index (χ1) is 11.2. The van der Waals surface area contributed by atoms with Gasteiger partial charge in [-0.25, -0.2) is 0 Å². The van der Waals surface area contributed by atoms with Crippen molar-refractivity contribution < 1.29 is 0 Å². The van der Waals surface area contributed by atoms with Gasteiger partial charge in [-0.3, -0.25) is 0 Å². The molecule has 1 aliphatic heterocycles. The molecule has 2 nitrogen and oxygen atoms in total. The predicted octanol–water partition coefficient (Wildman–Crippen LogP) is 5.00. The molecule has 1 aromatic heterocycles. The van der Waals surface area contributed by atoms with E-state index >= 15 is 0 Å². The number of para-hydroxylation sites is 2. The molecule has 0 atom stereocenters. The molecule has 0 fully saturated rings. The number of aromatic nitrogens is 1. The molecule has 0 unspecified atom stereocenters. The van der Waals surface area contributed by atoms with Crippen molar-refractivity contribution in [1.82, 2.24) is 4.57 Å². The monoisotopic (exact) mass is 298 g/mol. The highest BCUT2D eigenvalue weighted by molar-refractivity contribution is 6.09. The number of hydrogen-bond acceptors (Lipinski definition) is 1. The van der Waals surface area contributed by atoms with Gasteiger partial charge in [-0.2, -0.15) is 0 Å². The summed E-state index contributed by atoms with van der Waals surface area (Å²) in [6.45, 7) is 0. The van der Waals surface area contributed by atoms with Crippen LogP contribution in [0.1, 0.15) is 11.1 Å². The van der Waals surface area contributed by atoms with Crippen LogP contribution in [0.15, 0.2) is 60.7 Å². The fraction of sp³-hybridized carbons (Fsp3) is 0.143. The van der Waals surface area contributed by atoms with Crippen LogP contribution < -0.4 is 4.90 Å². The highest BCUT2D eigenvalue weighted by Gasteiger charge is 2.21. The van der Waals surface area contributed by atoms with E-state index < -0.39 is 0 Å². The van der Waals surface area contributed by atoms with Crippen molar-refractivity contribution in [1.29, 1.82) is 0 Å². The molecule has 5 rings (SSSR count). The Morgan fingerprint density at radius 3 is 2.39 bits per heavy atom. The first-order valence-electron chi connectivity index (χ1n) is 8.06. The number of fused-ring (bicyclic) bond motifs is 5. The van der Waals surface area contributed by atoms with Gasteiger partial charge in [0.05, 0.1) is 0 Å². The smallest absolute Gasteiger partial charge is 0.0493 e. The summed E-state index contributed by atoms with van der Waals surface area (Å²) < 4.78 is 2.31. The molecule has 0 amide bonds. The van der Waals surface area contributed by atoms with Crippen molar-refractivity contribution in [3.8, 4) is 0 Å².